The van der Waals surface area contributed by atoms with Crippen molar-refractivity contribution in [2.24, 2.45) is 11.8 Å². The summed E-state index contributed by atoms with van der Waals surface area (Å²) in [4.78, 5) is 30.3. The molecule has 1 aromatic carbocycles. The van der Waals surface area contributed by atoms with Crippen molar-refractivity contribution in [1.82, 2.24) is 4.98 Å². The van der Waals surface area contributed by atoms with Crippen LogP contribution in [0.1, 0.15) is 82.8 Å². The van der Waals surface area contributed by atoms with Gasteiger partial charge >= 0.3 is 11.9 Å². The molecule has 0 fully saturated rings. The summed E-state index contributed by atoms with van der Waals surface area (Å²) in [7, 11) is 0. The molecule has 4 atom stereocenters. The predicted octanol–water partition coefficient (Wildman–Crippen LogP) is 6.78. The van der Waals surface area contributed by atoms with E-state index in [0.717, 1.165) is 19.3 Å². The number of carboxylic acid groups (broad SMARTS) is 2. The molecule has 188 valence electrons. The first kappa shape index (κ1) is 26.7. The second-order valence-electron chi connectivity index (χ2n) is 9.91. The number of rotatable bonds is 13. The minimum atomic E-state index is -1.45. The molecule has 1 heterocycles. The van der Waals surface area contributed by atoms with E-state index in [1.54, 1.807) is 61.8 Å². The van der Waals surface area contributed by atoms with E-state index >= 15 is 0 Å². The molecule has 0 saturated carbocycles. The highest BCUT2D eigenvalue weighted by molar-refractivity contribution is 5.90. The van der Waals surface area contributed by atoms with Crippen molar-refractivity contribution >= 4 is 11.9 Å². The third kappa shape index (κ3) is 5.19. The van der Waals surface area contributed by atoms with E-state index in [0.29, 0.717) is 17.5 Å². The van der Waals surface area contributed by atoms with Gasteiger partial charge in [-0.25, -0.2) is 0 Å². The summed E-state index contributed by atoms with van der Waals surface area (Å²) in [5, 5.41) is 21.3. The molecule has 1 aliphatic carbocycles. The van der Waals surface area contributed by atoms with Crippen LogP contribution in [0, 0.1) is 11.8 Å². The van der Waals surface area contributed by atoms with E-state index in [4.69, 9.17) is 0 Å². The van der Waals surface area contributed by atoms with Crippen LogP contribution in [0.15, 0.2) is 67.0 Å². The summed E-state index contributed by atoms with van der Waals surface area (Å²) in [5.41, 5.74) is -1.70. The largest absolute Gasteiger partial charge is 0.481 e. The summed E-state index contributed by atoms with van der Waals surface area (Å²) in [6.07, 6.45) is 16.9. The molecule has 1 aliphatic rings. The second-order valence-corrected chi connectivity index (χ2v) is 9.91. The molecule has 5 nitrogen and oxygen atoms in total. The number of aromatic nitrogens is 1. The number of carboxylic acids is 2. The molecule has 5 heteroatoms. The van der Waals surface area contributed by atoms with Crippen molar-refractivity contribution in [3.8, 4) is 0 Å². The normalized spacial score (nSPS) is 25.9. The zero-order valence-corrected chi connectivity index (χ0v) is 21.0. The van der Waals surface area contributed by atoms with Gasteiger partial charge < -0.3 is 10.2 Å². The highest BCUT2D eigenvalue weighted by Gasteiger charge is 2.62. The number of nitrogens with zero attached hydrogens (tertiary/aromatic N) is 1. The smallest absolute Gasteiger partial charge is 0.318 e. The van der Waals surface area contributed by atoms with Gasteiger partial charge in [0.1, 0.15) is 10.8 Å². The maximum absolute atomic E-state index is 13.2. The Balaban J connectivity index is 1.97. The first-order valence-corrected chi connectivity index (χ1v) is 13.0. The average Bonchev–Trinajstić information content (AvgIpc) is 2.86. The van der Waals surface area contributed by atoms with Crippen molar-refractivity contribution in [2.75, 3.05) is 0 Å². The number of unbranched alkanes of at least 4 members (excludes halogenated alkanes) is 7. The molecule has 35 heavy (non-hydrogen) atoms. The number of hydrogen-bond donors (Lipinski definition) is 2. The summed E-state index contributed by atoms with van der Waals surface area (Å²) in [6.45, 7) is 4.00. The van der Waals surface area contributed by atoms with E-state index in [1.807, 2.05) is 12.1 Å². The van der Waals surface area contributed by atoms with Gasteiger partial charge in [-0.1, -0.05) is 114 Å². The van der Waals surface area contributed by atoms with Crippen LogP contribution in [0.4, 0.5) is 0 Å². The van der Waals surface area contributed by atoms with Gasteiger partial charge in [-0.3, -0.25) is 14.6 Å². The number of carbonyl (C=O) groups is 2. The molecular formula is C30H39NO4. The van der Waals surface area contributed by atoms with Gasteiger partial charge in [0.25, 0.3) is 0 Å². The number of pyridine rings is 1. The third-order valence-electron chi connectivity index (χ3n) is 8.01. The van der Waals surface area contributed by atoms with Gasteiger partial charge in [-0.05, 0) is 29.5 Å². The minimum Gasteiger partial charge on any atom is -0.481 e. The fourth-order valence-electron chi connectivity index (χ4n) is 6.05. The van der Waals surface area contributed by atoms with Gasteiger partial charge in [-0.15, -0.1) is 0 Å². The molecule has 0 aliphatic heterocycles. The zero-order valence-electron chi connectivity index (χ0n) is 21.0. The van der Waals surface area contributed by atoms with Gasteiger partial charge in [0.15, 0.2) is 0 Å². The zero-order chi connectivity index (χ0) is 25.3. The lowest BCUT2D eigenvalue weighted by molar-refractivity contribution is -0.155. The maximum atomic E-state index is 13.2. The number of benzene rings is 1. The minimum absolute atomic E-state index is 0.324. The lowest BCUT2D eigenvalue weighted by Crippen LogP contribution is -2.59. The lowest BCUT2D eigenvalue weighted by Gasteiger charge is -2.50. The molecule has 0 bridgehead atoms. The van der Waals surface area contributed by atoms with Crippen LogP contribution >= 0.6 is 0 Å². The highest BCUT2D eigenvalue weighted by atomic mass is 16.4. The Hall–Kier alpha value is -2.95. The Kier molecular flexibility index (Phi) is 9.25. The Morgan fingerprint density at radius 3 is 2.06 bits per heavy atom. The van der Waals surface area contributed by atoms with Crippen molar-refractivity contribution < 1.29 is 19.8 Å². The molecular weight excluding hydrogens is 438 g/mol. The topological polar surface area (TPSA) is 87.5 Å². The van der Waals surface area contributed by atoms with Gasteiger partial charge in [-0.2, -0.15) is 0 Å². The van der Waals surface area contributed by atoms with Gasteiger partial charge in [0.2, 0.25) is 0 Å². The maximum Gasteiger partial charge on any atom is 0.318 e. The number of aliphatic carboxylic acids is 2. The summed E-state index contributed by atoms with van der Waals surface area (Å²) < 4.78 is 0. The van der Waals surface area contributed by atoms with Crippen LogP contribution in [-0.4, -0.2) is 27.1 Å². The molecule has 4 unspecified atom stereocenters. The van der Waals surface area contributed by atoms with Crippen LogP contribution in [0.3, 0.4) is 0 Å². The Morgan fingerprint density at radius 2 is 1.49 bits per heavy atom. The summed E-state index contributed by atoms with van der Waals surface area (Å²) >= 11 is 0. The standard InChI is InChI=1S/C30H39NO4/c1-3-4-5-6-7-8-9-11-17-25-19-20-29(27(32)33,24-15-12-10-13-16-24)23(2)30(25,28(34)35)26-18-14-21-31-22-26/h10,12-16,18-23,25H,3-9,11,17H2,1-2H3,(H,32,33)(H,34,35). The van der Waals surface area contributed by atoms with Crippen molar-refractivity contribution in [3.05, 3.63) is 78.1 Å². The van der Waals surface area contributed by atoms with Crippen molar-refractivity contribution in [1.29, 1.82) is 0 Å². The van der Waals surface area contributed by atoms with E-state index in [1.165, 1.54) is 32.1 Å². The van der Waals surface area contributed by atoms with Crippen molar-refractivity contribution in [2.45, 2.75) is 82.5 Å². The van der Waals surface area contributed by atoms with Gasteiger partial charge in [0, 0.05) is 18.3 Å². The Morgan fingerprint density at radius 1 is 0.857 bits per heavy atom. The third-order valence-corrected chi connectivity index (χ3v) is 8.01. The monoisotopic (exact) mass is 477 g/mol. The molecule has 0 spiro atoms. The molecule has 0 amide bonds. The number of hydrogen-bond acceptors (Lipinski definition) is 3. The van der Waals surface area contributed by atoms with Crippen LogP contribution < -0.4 is 0 Å². The van der Waals surface area contributed by atoms with E-state index in [9.17, 15) is 19.8 Å². The van der Waals surface area contributed by atoms with E-state index < -0.39 is 28.7 Å². The van der Waals surface area contributed by atoms with Crippen LogP contribution in [0.2, 0.25) is 0 Å². The Labute approximate surface area is 209 Å². The first-order chi connectivity index (χ1) is 16.9. The van der Waals surface area contributed by atoms with Gasteiger partial charge in [0.05, 0.1) is 0 Å². The molecule has 1 aromatic heterocycles. The molecule has 2 N–H and O–H groups in total. The summed E-state index contributed by atoms with van der Waals surface area (Å²) in [5.74, 6) is -3.09. The van der Waals surface area contributed by atoms with E-state index in [2.05, 4.69) is 11.9 Å². The molecule has 2 aromatic rings. The highest BCUT2D eigenvalue weighted by Crippen LogP contribution is 2.54. The lowest BCUT2D eigenvalue weighted by atomic mass is 9.49. The van der Waals surface area contributed by atoms with Crippen LogP contribution in [0.25, 0.3) is 0 Å². The second kappa shape index (κ2) is 12.1. The predicted molar refractivity (Wildman–Crippen MR) is 138 cm³/mol. The fraction of sp³-hybridized carbons (Fsp3) is 0.500. The average molecular weight is 478 g/mol. The van der Waals surface area contributed by atoms with E-state index in [-0.39, 0.29) is 5.92 Å². The Bertz CT molecular complexity index is 990. The van der Waals surface area contributed by atoms with Crippen LogP contribution in [-0.2, 0) is 20.4 Å². The SMILES string of the molecule is CCCCCCCCCCC1C=CC(C(=O)O)(c2ccccc2)C(C)C1(C(=O)O)c1cccnc1. The number of allylic oxidation sites excluding steroid dienone is 1. The molecule has 0 radical (unpaired) electrons. The summed E-state index contributed by atoms with van der Waals surface area (Å²) in [6, 6.07) is 12.5. The molecule has 3 rings (SSSR count). The quantitative estimate of drug-likeness (QED) is 0.245. The fourth-order valence-corrected chi connectivity index (χ4v) is 6.05. The van der Waals surface area contributed by atoms with Crippen molar-refractivity contribution in [3.63, 3.8) is 0 Å². The van der Waals surface area contributed by atoms with Crippen LogP contribution in [0.5, 0.6) is 0 Å². The molecule has 0 saturated heterocycles. The first-order valence-electron chi connectivity index (χ1n) is 13.0.